The Kier molecular flexibility index (Phi) is 7.06. The number of carbonyl (C=O) groups is 1. The molecule has 0 saturated heterocycles. The summed E-state index contributed by atoms with van der Waals surface area (Å²) in [6, 6.07) is 17.5. The number of pyridine rings is 1. The second-order valence-corrected chi connectivity index (χ2v) is 11.0. The van der Waals surface area contributed by atoms with E-state index in [1.54, 1.807) is 42.5 Å². The standard InChI is InChI=1S/C27H18BrF2N3O5S/c1-16-7-9-19(10-8-16)39(35,36)33-15-20(28)24-23(11-12-31-26(24)33)38-25-21(29)13-17(14-22(25)30)32-27(34)37-18-5-3-2-4-6-18/h2-15H,1H3,(H,32,34). The number of nitrogens with zero attached hydrogens (tertiary/aromatic N) is 2. The van der Waals surface area contributed by atoms with Crippen LogP contribution in [-0.4, -0.2) is 23.5 Å². The Morgan fingerprint density at radius 2 is 1.67 bits per heavy atom. The number of rotatable bonds is 6. The normalized spacial score (nSPS) is 11.4. The molecule has 1 amide bonds. The van der Waals surface area contributed by atoms with Crippen molar-refractivity contribution >= 4 is 48.8 Å². The van der Waals surface area contributed by atoms with E-state index in [4.69, 9.17) is 9.47 Å². The number of ether oxygens (including phenoxy) is 2. The van der Waals surface area contributed by atoms with Crippen molar-refractivity contribution in [3.63, 3.8) is 0 Å². The van der Waals surface area contributed by atoms with Crippen molar-refractivity contribution in [2.75, 3.05) is 5.32 Å². The van der Waals surface area contributed by atoms with Crippen LogP contribution in [0.2, 0.25) is 0 Å². The van der Waals surface area contributed by atoms with E-state index in [9.17, 15) is 22.0 Å². The van der Waals surface area contributed by atoms with Crippen molar-refractivity contribution in [3.05, 3.63) is 107 Å². The van der Waals surface area contributed by atoms with Gasteiger partial charge in [0.15, 0.2) is 23.0 Å². The molecule has 0 saturated carbocycles. The fraction of sp³-hybridized carbons (Fsp3) is 0.0370. The number of hydrogen-bond donors (Lipinski definition) is 1. The molecule has 0 radical (unpaired) electrons. The molecule has 39 heavy (non-hydrogen) atoms. The summed E-state index contributed by atoms with van der Waals surface area (Å²) in [7, 11) is -4.04. The predicted molar refractivity (Wildman–Crippen MR) is 144 cm³/mol. The average Bonchev–Trinajstić information content (AvgIpc) is 3.25. The van der Waals surface area contributed by atoms with Gasteiger partial charge in [0.25, 0.3) is 10.0 Å². The first kappa shape index (κ1) is 26.3. The second kappa shape index (κ2) is 10.5. The summed E-state index contributed by atoms with van der Waals surface area (Å²) in [6.45, 7) is 1.83. The number of aromatic nitrogens is 2. The molecule has 5 aromatic rings. The summed E-state index contributed by atoms with van der Waals surface area (Å²) < 4.78 is 68.3. The SMILES string of the molecule is Cc1ccc(S(=O)(=O)n2cc(Br)c3c(Oc4c(F)cc(NC(=O)Oc5ccccc5)cc4F)ccnc32)cc1. The highest BCUT2D eigenvalue weighted by atomic mass is 79.9. The largest absolute Gasteiger partial charge is 0.450 e. The third kappa shape index (κ3) is 5.33. The Balaban J connectivity index is 1.44. The van der Waals surface area contributed by atoms with Gasteiger partial charge in [-0.3, -0.25) is 5.32 Å². The zero-order chi connectivity index (χ0) is 27.7. The number of fused-ring (bicyclic) bond motifs is 1. The van der Waals surface area contributed by atoms with E-state index in [0.717, 1.165) is 21.7 Å². The summed E-state index contributed by atoms with van der Waals surface area (Å²) in [5.41, 5.74) is 0.678. The van der Waals surface area contributed by atoms with Crippen LogP contribution in [0.15, 0.2) is 94.6 Å². The molecule has 0 spiro atoms. The minimum Gasteiger partial charge on any atom is -0.450 e. The van der Waals surface area contributed by atoms with Crippen molar-refractivity contribution in [2.45, 2.75) is 11.8 Å². The number of para-hydroxylation sites is 1. The lowest BCUT2D eigenvalue weighted by atomic mass is 10.2. The number of benzene rings is 3. The fourth-order valence-electron chi connectivity index (χ4n) is 3.72. The molecule has 0 aliphatic heterocycles. The Morgan fingerprint density at radius 1 is 1.00 bits per heavy atom. The molecule has 198 valence electrons. The molecule has 0 fully saturated rings. The number of amides is 1. The van der Waals surface area contributed by atoms with Gasteiger partial charge in [0.1, 0.15) is 11.5 Å². The average molecular weight is 614 g/mol. The molecule has 12 heteroatoms. The summed E-state index contributed by atoms with van der Waals surface area (Å²) in [5.74, 6) is -2.78. The van der Waals surface area contributed by atoms with E-state index in [0.29, 0.717) is 0 Å². The highest BCUT2D eigenvalue weighted by molar-refractivity contribution is 9.10. The maximum absolute atomic E-state index is 14.9. The fourth-order valence-corrected chi connectivity index (χ4v) is 5.75. The van der Waals surface area contributed by atoms with Crippen LogP contribution in [0.25, 0.3) is 11.0 Å². The summed E-state index contributed by atoms with van der Waals surface area (Å²) >= 11 is 3.31. The maximum atomic E-state index is 14.9. The second-order valence-electron chi connectivity index (χ2n) is 8.30. The van der Waals surface area contributed by atoms with Crippen LogP contribution in [0.3, 0.4) is 0 Å². The van der Waals surface area contributed by atoms with E-state index in [1.807, 2.05) is 6.92 Å². The van der Waals surface area contributed by atoms with Gasteiger partial charge in [-0.2, -0.15) is 0 Å². The Hall–Kier alpha value is -4.29. The van der Waals surface area contributed by atoms with Crippen LogP contribution >= 0.6 is 15.9 Å². The molecule has 0 atom stereocenters. The molecule has 0 unspecified atom stereocenters. The molecule has 2 heterocycles. The molecular weight excluding hydrogens is 596 g/mol. The van der Waals surface area contributed by atoms with Gasteiger partial charge >= 0.3 is 6.09 Å². The van der Waals surface area contributed by atoms with E-state index in [1.165, 1.54) is 30.6 Å². The molecule has 0 bridgehead atoms. The molecule has 8 nitrogen and oxygen atoms in total. The molecule has 0 aliphatic carbocycles. The molecule has 1 N–H and O–H groups in total. The van der Waals surface area contributed by atoms with E-state index in [2.05, 4.69) is 26.2 Å². The van der Waals surface area contributed by atoms with Gasteiger partial charge < -0.3 is 9.47 Å². The van der Waals surface area contributed by atoms with E-state index in [-0.39, 0.29) is 37.6 Å². The Morgan fingerprint density at radius 3 is 2.33 bits per heavy atom. The molecule has 2 aromatic heterocycles. The predicted octanol–water partition coefficient (Wildman–Crippen LogP) is 7.03. The molecule has 0 aliphatic rings. The van der Waals surface area contributed by atoms with Crippen molar-refractivity contribution in [1.29, 1.82) is 0 Å². The van der Waals surface area contributed by atoms with Crippen molar-refractivity contribution in [1.82, 2.24) is 8.96 Å². The minimum atomic E-state index is -4.04. The van der Waals surface area contributed by atoms with Crippen LogP contribution in [0.1, 0.15) is 5.56 Å². The number of anilines is 1. The van der Waals surface area contributed by atoms with Crippen LogP contribution in [0, 0.1) is 18.6 Å². The smallest absolute Gasteiger partial charge is 0.417 e. The van der Waals surface area contributed by atoms with Crippen molar-refractivity contribution in [3.8, 4) is 17.2 Å². The van der Waals surface area contributed by atoms with E-state index >= 15 is 0 Å². The third-order valence-corrected chi connectivity index (χ3v) is 7.82. The van der Waals surface area contributed by atoms with Gasteiger partial charge in [0, 0.05) is 29.0 Å². The van der Waals surface area contributed by atoms with Gasteiger partial charge in [0.05, 0.1) is 16.0 Å². The van der Waals surface area contributed by atoms with Gasteiger partial charge in [-0.1, -0.05) is 35.9 Å². The monoisotopic (exact) mass is 613 g/mol. The van der Waals surface area contributed by atoms with Gasteiger partial charge in [-0.15, -0.1) is 0 Å². The van der Waals surface area contributed by atoms with Crippen LogP contribution in [-0.2, 0) is 10.0 Å². The number of carbonyl (C=O) groups excluding carboxylic acids is 1. The van der Waals surface area contributed by atoms with Gasteiger partial charge in [-0.25, -0.2) is 30.9 Å². The topological polar surface area (TPSA) is 99.5 Å². The third-order valence-electron chi connectivity index (χ3n) is 5.56. The maximum Gasteiger partial charge on any atom is 0.417 e. The summed E-state index contributed by atoms with van der Waals surface area (Å²) in [6.07, 6.45) is 1.61. The zero-order valence-corrected chi connectivity index (χ0v) is 22.5. The first-order valence-electron chi connectivity index (χ1n) is 11.3. The summed E-state index contributed by atoms with van der Waals surface area (Å²) in [5, 5.41) is 2.44. The van der Waals surface area contributed by atoms with Crippen LogP contribution in [0.5, 0.6) is 17.2 Å². The highest BCUT2D eigenvalue weighted by Crippen LogP contribution is 2.39. The zero-order valence-electron chi connectivity index (χ0n) is 20.1. The molecule has 3 aromatic carbocycles. The Labute approximate surface area is 230 Å². The first-order chi connectivity index (χ1) is 18.6. The molecular formula is C27H18BrF2N3O5S. The number of nitrogens with one attached hydrogen (secondary N) is 1. The lowest BCUT2D eigenvalue weighted by molar-refractivity contribution is 0.215. The Bertz CT molecular complexity index is 1790. The van der Waals surface area contributed by atoms with Crippen molar-refractivity contribution in [2.24, 2.45) is 0 Å². The van der Waals surface area contributed by atoms with Crippen LogP contribution in [0.4, 0.5) is 19.3 Å². The van der Waals surface area contributed by atoms with Gasteiger partial charge in [-0.05, 0) is 53.2 Å². The number of hydrogen-bond acceptors (Lipinski definition) is 6. The van der Waals surface area contributed by atoms with Crippen molar-refractivity contribution < 1.29 is 31.5 Å². The number of aryl methyl sites for hydroxylation is 1. The molecule has 5 rings (SSSR count). The quantitative estimate of drug-likeness (QED) is 0.221. The van der Waals surface area contributed by atoms with E-state index < -0.39 is 33.5 Å². The van der Waals surface area contributed by atoms with Gasteiger partial charge in [0.2, 0.25) is 0 Å². The first-order valence-corrected chi connectivity index (χ1v) is 13.6. The summed E-state index contributed by atoms with van der Waals surface area (Å²) in [4.78, 5) is 16.3. The number of halogens is 3. The lowest BCUT2D eigenvalue weighted by Gasteiger charge is -2.12. The van der Waals surface area contributed by atoms with Crippen LogP contribution < -0.4 is 14.8 Å². The lowest BCUT2D eigenvalue weighted by Crippen LogP contribution is -2.17. The highest BCUT2D eigenvalue weighted by Gasteiger charge is 2.25. The minimum absolute atomic E-state index is 0.0114.